The highest BCUT2D eigenvalue weighted by Gasteiger charge is 2.21. The molecule has 1 aliphatic rings. The molecule has 1 saturated heterocycles. The number of carbonyl (C=O) groups excluding carboxylic acids is 1. The predicted molar refractivity (Wildman–Crippen MR) is 101 cm³/mol. The van der Waals surface area contributed by atoms with Crippen molar-refractivity contribution in [3.8, 4) is 11.4 Å². The van der Waals surface area contributed by atoms with Crippen LogP contribution < -0.4 is 0 Å². The molecule has 1 unspecified atom stereocenters. The number of hydrogen-bond acceptors (Lipinski definition) is 6. The van der Waals surface area contributed by atoms with E-state index >= 15 is 0 Å². The van der Waals surface area contributed by atoms with E-state index in [4.69, 9.17) is 9.47 Å². The second-order valence-corrected chi connectivity index (χ2v) is 7.38. The van der Waals surface area contributed by atoms with E-state index in [9.17, 15) is 9.18 Å². The molecule has 0 radical (unpaired) electrons. The van der Waals surface area contributed by atoms with Crippen LogP contribution in [0.5, 0.6) is 0 Å². The fourth-order valence-corrected chi connectivity index (χ4v) is 3.86. The van der Waals surface area contributed by atoms with E-state index < -0.39 is 0 Å². The average Bonchev–Trinajstić information content (AvgIpc) is 3.31. The van der Waals surface area contributed by atoms with Crippen molar-refractivity contribution in [1.29, 1.82) is 0 Å². The van der Waals surface area contributed by atoms with Gasteiger partial charge in [-0.3, -0.25) is 9.36 Å². The summed E-state index contributed by atoms with van der Waals surface area (Å²) in [7, 11) is 0. The second-order valence-electron chi connectivity index (χ2n) is 6.32. The molecule has 1 aromatic heterocycles. The predicted octanol–water partition coefficient (Wildman–Crippen LogP) is 3.70. The zero-order valence-electron chi connectivity index (χ0n) is 15.4. The number of hydrogen-bond donors (Lipinski definition) is 0. The Labute approximate surface area is 162 Å². The number of halogens is 1. The van der Waals surface area contributed by atoms with Crippen molar-refractivity contribution in [1.82, 2.24) is 14.8 Å². The van der Waals surface area contributed by atoms with Gasteiger partial charge in [0.1, 0.15) is 5.82 Å². The first-order valence-electron chi connectivity index (χ1n) is 9.26. The molecule has 2 aromatic rings. The van der Waals surface area contributed by atoms with Crippen molar-refractivity contribution >= 4 is 17.7 Å². The van der Waals surface area contributed by atoms with Gasteiger partial charge in [0.2, 0.25) is 0 Å². The van der Waals surface area contributed by atoms with Crippen LogP contribution in [0.25, 0.3) is 11.4 Å². The topological polar surface area (TPSA) is 66.2 Å². The van der Waals surface area contributed by atoms with Crippen molar-refractivity contribution in [2.24, 2.45) is 0 Å². The Morgan fingerprint density at radius 1 is 1.37 bits per heavy atom. The van der Waals surface area contributed by atoms with Gasteiger partial charge >= 0.3 is 5.97 Å². The maximum atomic E-state index is 13.3. The van der Waals surface area contributed by atoms with Gasteiger partial charge in [-0.25, -0.2) is 4.39 Å². The molecular weight excluding hydrogens is 369 g/mol. The van der Waals surface area contributed by atoms with Crippen LogP contribution in [-0.2, 0) is 20.8 Å². The Kier molecular flexibility index (Phi) is 7.23. The summed E-state index contributed by atoms with van der Waals surface area (Å²) in [6, 6.07) is 6.26. The number of esters is 1. The van der Waals surface area contributed by atoms with Gasteiger partial charge in [-0.1, -0.05) is 11.8 Å². The Hall–Kier alpha value is -1.93. The molecule has 0 aliphatic carbocycles. The van der Waals surface area contributed by atoms with E-state index in [1.807, 2.05) is 4.57 Å². The maximum absolute atomic E-state index is 13.3. The van der Waals surface area contributed by atoms with Gasteiger partial charge in [0, 0.05) is 24.3 Å². The summed E-state index contributed by atoms with van der Waals surface area (Å²) in [6.45, 7) is 3.65. The lowest BCUT2D eigenvalue weighted by molar-refractivity contribution is -0.143. The summed E-state index contributed by atoms with van der Waals surface area (Å²) in [5.74, 6) is 0.994. The van der Waals surface area contributed by atoms with Crippen LogP contribution in [0, 0.1) is 5.82 Å². The highest BCUT2D eigenvalue weighted by atomic mass is 32.2. The minimum absolute atomic E-state index is 0.138. The molecule has 1 atom stereocenters. The van der Waals surface area contributed by atoms with Crippen LogP contribution in [0.2, 0.25) is 0 Å². The molecule has 6 nitrogen and oxygen atoms in total. The summed E-state index contributed by atoms with van der Waals surface area (Å²) < 4.78 is 26.0. The second kappa shape index (κ2) is 9.85. The number of carbonyl (C=O) groups is 1. The first-order valence-corrected chi connectivity index (χ1v) is 10.2. The van der Waals surface area contributed by atoms with E-state index in [-0.39, 0.29) is 17.9 Å². The molecule has 1 aliphatic heterocycles. The molecule has 0 saturated carbocycles. The minimum atomic E-state index is -0.280. The van der Waals surface area contributed by atoms with Gasteiger partial charge in [0.25, 0.3) is 0 Å². The van der Waals surface area contributed by atoms with E-state index in [1.54, 1.807) is 30.8 Å². The van der Waals surface area contributed by atoms with Gasteiger partial charge in [0.15, 0.2) is 11.0 Å². The third-order valence-corrected chi connectivity index (χ3v) is 5.34. The first-order chi connectivity index (χ1) is 13.2. The van der Waals surface area contributed by atoms with E-state index in [0.29, 0.717) is 31.8 Å². The van der Waals surface area contributed by atoms with Crippen molar-refractivity contribution in [3.05, 3.63) is 30.1 Å². The molecule has 146 valence electrons. The molecular formula is C19H24FN3O3S. The van der Waals surface area contributed by atoms with Gasteiger partial charge in [-0.2, -0.15) is 0 Å². The normalized spacial score (nSPS) is 16.6. The minimum Gasteiger partial charge on any atom is -0.466 e. The third-order valence-electron chi connectivity index (χ3n) is 4.29. The van der Waals surface area contributed by atoms with Crippen LogP contribution in [0.4, 0.5) is 4.39 Å². The lowest BCUT2D eigenvalue weighted by Crippen LogP contribution is -2.16. The smallest absolute Gasteiger partial charge is 0.305 e. The standard InChI is InChI=1S/C19H24FN3O3S/c1-2-25-17(24)6-4-12-27-19-22-21-18(14-7-9-15(20)10-8-14)23(19)13-16-5-3-11-26-16/h7-10,16H,2-6,11-13H2,1H3. The molecule has 0 spiro atoms. The van der Waals surface area contributed by atoms with Crippen molar-refractivity contribution in [2.45, 2.75) is 50.4 Å². The van der Waals surface area contributed by atoms with Crippen LogP contribution >= 0.6 is 11.8 Å². The first kappa shape index (κ1) is 19.8. The van der Waals surface area contributed by atoms with Crippen molar-refractivity contribution in [3.63, 3.8) is 0 Å². The SMILES string of the molecule is CCOC(=O)CCCSc1nnc(-c2ccc(F)cc2)n1CC1CCCO1. The van der Waals surface area contributed by atoms with Crippen molar-refractivity contribution in [2.75, 3.05) is 19.0 Å². The summed E-state index contributed by atoms with van der Waals surface area (Å²) >= 11 is 1.56. The van der Waals surface area contributed by atoms with E-state index in [0.717, 1.165) is 35.9 Å². The summed E-state index contributed by atoms with van der Waals surface area (Å²) in [6.07, 6.45) is 3.31. The number of nitrogens with zero attached hydrogens (tertiary/aromatic N) is 3. The molecule has 27 heavy (non-hydrogen) atoms. The Balaban J connectivity index is 1.70. The summed E-state index contributed by atoms with van der Waals surface area (Å²) in [5.41, 5.74) is 0.820. The van der Waals surface area contributed by atoms with Crippen molar-refractivity contribution < 1.29 is 18.7 Å². The van der Waals surface area contributed by atoms with Crippen LogP contribution in [0.3, 0.4) is 0 Å². The lowest BCUT2D eigenvalue weighted by Gasteiger charge is -2.14. The fourth-order valence-electron chi connectivity index (χ4n) is 2.98. The summed E-state index contributed by atoms with van der Waals surface area (Å²) in [5, 5.41) is 9.43. The number of ether oxygens (including phenoxy) is 2. The molecule has 1 fully saturated rings. The van der Waals surface area contributed by atoms with Crippen LogP contribution in [0.1, 0.15) is 32.6 Å². The largest absolute Gasteiger partial charge is 0.466 e. The molecule has 8 heteroatoms. The highest BCUT2D eigenvalue weighted by molar-refractivity contribution is 7.99. The van der Waals surface area contributed by atoms with Gasteiger partial charge < -0.3 is 9.47 Å². The summed E-state index contributed by atoms with van der Waals surface area (Å²) in [4.78, 5) is 11.5. The Morgan fingerprint density at radius 3 is 2.89 bits per heavy atom. The fraction of sp³-hybridized carbons (Fsp3) is 0.526. The molecule has 2 heterocycles. The molecule has 0 N–H and O–H groups in total. The zero-order chi connectivity index (χ0) is 19.1. The number of aromatic nitrogens is 3. The quantitative estimate of drug-likeness (QED) is 0.368. The van der Waals surface area contributed by atoms with Gasteiger partial charge in [-0.15, -0.1) is 10.2 Å². The Bertz CT molecular complexity index is 745. The molecule has 0 bridgehead atoms. The zero-order valence-corrected chi connectivity index (χ0v) is 16.2. The number of rotatable bonds is 9. The third kappa shape index (κ3) is 5.52. The highest BCUT2D eigenvalue weighted by Crippen LogP contribution is 2.27. The lowest BCUT2D eigenvalue weighted by atomic mass is 10.2. The average molecular weight is 393 g/mol. The number of thioether (sulfide) groups is 1. The van der Waals surface area contributed by atoms with E-state index in [1.165, 1.54) is 12.1 Å². The van der Waals surface area contributed by atoms with E-state index in [2.05, 4.69) is 10.2 Å². The molecule has 0 amide bonds. The van der Waals surface area contributed by atoms with Gasteiger partial charge in [-0.05, 0) is 50.5 Å². The van der Waals surface area contributed by atoms with Crippen LogP contribution in [0.15, 0.2) is 29.4 Å². The molecule has 1 aromatic carbocycles. The molecule has 3 rings (SSSR count). The Morgan fingerprint density at radius 2 is 2.19 bits per heavy atom. The maximum Gasteiger partial charge on any atom is 0.305 e. The van der Waals surface area contributed by atoms with Crippen LogP contribution in [-0.4, -0.2) is 45.8 Å². The number of benzene rings is 1. The monoisotopic (exact) mass is 393 g/mol. The van der Waals surface area contributed by atoms with Gasteiger partial charge in [0.05, 0.1) is 19.3 Å².